The summed E-state index contributed by atoms with van der Waals surface area (Å²) in [7, 11) is 1.83. The van der Waals surface area contributed by atoms with Crippen LogP contribution in [0.15, 0.2) is 42.9 Å². The summed E-state index contributed by atoms with van der Waals surface area (Å²) >= 11 is 0. The lowest BCUT2D eigenvalue weighted by atomic mass is 9.89. The zero-order chi connectivity index (χ0) is 45.3. The number of aryl methyl sites for hydroxylation is 1. The Bertz CT molecular complexity index is 2120. The summed E-state index contributed by atoms with van der Waals surface area (Å²) in [6.07, 6.45) is 13.5. The van der Waals surface area contributed by atoms with Gasteiger partial charge in [0.2, 0.25) is 29.6 Å². The Morgan fingerprint density at radius 2 is 1.51 bits per heavy atom. The van der Waals surface area contributed by atoms with Crippen molar-refractivity contribution >= 4 is 52.7 Å². The van der Waals surface area contributed by atoms with Crippen LogP contribution in [0.3, 0.4) is 0 Å². The first-order chi connectivity index (χ1) is 31.6. The number of aromatic nitrogens is 4. The largest absolute Gasteiger partial charge is 0.462 e. The fourth-order valence-corrected chi connectivity index (χ4v) is 10.2. The van der Waals surface area contributed by atoms with Crippen molar-refractivity contribution in [3.63, 3.8) is 0 Å². The SMILES string of the molecule is CCOC(=O)c1cnc(Nc2cnn(C)c2)nc1NC1CCC(N2CCN(C(=O)CCC(=O)N3CCC(CCN4CCN(c5ccc(C6CCC(=O)NC6=O)cc5)CC4)CC3)CC2)CC1. The number of esters is 1. The summed E-state index contributed by atoms with van der Waals surface area (Å²) in [5, 5.41) is 13.3. The molecule has 4 amide bonds. The van der Waals surface area contributed by atoms with E-state index in [1.54, 1.807) is 17.8 Å². The van der Waals surface area contributed by atoms with Gasteiger partial charge in [0.25, 0.3) is 0 Å². The average molecular weight is 895 g/mol. The van der Waals surface area contributed by atoms with E-state index in [9.17, 15) is 24.0 Å². The molecular formula is C47H66N12O6. The number of nitrogens with zero attached hydrogens (tertiary/aromatic N) is 9. The van der Waals surface area contributed by atoms with Gasteiger partial charge >= 0.3 is 5.97 Å². The maximum Gasteiger partial charge on any atom is 0.343 e. The van der Waals surface area contributed by atoms with Crippen LogP contribution >= 0.6 is 0 Å². The van der Waals surface area contributed by atoms with Gasteiger partial charge in [0.15, 0.2) is 0 Å². The number of hydrogen-bond donors (Lipinski definition) is 3. The topological polar surface area (TPSA) is 190 Å². The van der Waals surface area contributed by atoms with Crippen molar-refractivity contribution in [2.24, 2.45) is 13.0 Å². The van der Waals surface area contributed by atoms with Gasteiger partial charge < -0.3 is 30.1 Å². The van der Waals surface area contributed by atoms with Crippen molar-refractivity contribution in [3.05, 3.63) is 54.0 Å². The first kappa shape index (κ1) is 45.9. The predicted octanol–water partition coefficient (Wildman–Crippen LogP) is 3.75. The number of anilines is 4. The van der Waals surface area contributed by atoms with Crippen molar-refractivity contribution < 1.29 is 28.7 Å². The number of ether oxygens (including phenoxy) is 1. The number of nitrogens with one attached hydrogen (secondary N) is 3. The van der Waals surface area contributed by atoms with Crippen LogP contribution in [0.4, 0.5) is 23.1 Å². The summed E-state index contributed by atoms with van der Waals surface area (Å²) in [5.74, 6) is 0.499. The van der Waals surface area contributed by atoms with Crippen molar-refractivity contribution in [2.45, 2.75) is 95.6 Å². The molecule has 5 fully saturated rings. The molecule has 350 valence electrons. The summed E-state index contributed by atoms with van der Waals surface area (Å²) in [5.41, 5.74) is 3.19. The maximum absolute atomic E-state index is 13.3. The lowest BCUT2D eigenvalue weighted by Crippen LogP contribution is -2.53. The molecule has 5 aliphatic rings. The number of likely N-dealkylation sites (tertiary alicyclic amines) is 1. The molecule has 2 aromatic heterocycles. The molecule has 3 aromatic rings. The summed E-state index contributed by atoms with van der Waals surface area (Å²) in [6.45, 7) is 11.6. The minimum Gasteiger partial charge on any atom is -0.462 e. The van der Waals surface area contributed by atoms with Crippen molar-refractivity contribution in [1.82, 2.24) is 44.7 Å². The predicted molar refractivity (Wildman–Crippen MR) is 246 cm³/mol. The third-order valence-corrected chi connectivity index (χ3v) is 14.1. The van der Waals surface area contributed by atoms with Crippen LogP contribution in [-0.2, 0) is 31.0 Å². The molecule has 0 bridgehead atoms. The second-order valence-corrected chi connectivity index (χ2v) is 18.3. The zero-order valence-electron chi connectivity index (χ0n) is 38.1. The number of hydrogen-bond acceptors (Lipinski definition) is 14. The van der Waals surface area contributed by atoms with Crippen LogP contribution in [0.1, 0.15) is 99.4 Å². The molecule has 6 heterocycles. The molecule has 18 nitrogen and oxygen atoms in total. The number of rotatable bonds is 15. The van der Waals surface area contributed by atoms with Gasteiger partial charge in [0.05, 0.1) is 24.4 Å². The number of piperazine rings is 2. The van der Waals surface area contributed by atoms with E-state index >= 15 is 0 Å². The van der Waals surface area contributed by atoms with Crippen molar-refractivity contribution in [1.29, 1.82) is 0 Å². The molecule has 1 aromatic carbocycles. The molecule has 0 radical (unpaired) electrons. The first-order valence-electron chi connectivity index (χ1n) is 23.9. The molecule has 4 aliphatic heterocycles. The highest BCUT2D eigenvalue weighted by molar-refractivity contribution is 6.01. The normalized spacial score (nSPS) is 22.7. The van der Waals surface area contributed by atoms with Gasteiger partial charge in [-0.25, -0.2) is 9.78 Å². The fourth-order valence-electron chi connectivity index (χ4n) is 10.2. The van der Waals surface area contributed by atoms with E-state index in [4.69, 9.17) is 4.74 Å². The molecule has 1 saturated carbocycles. The third kappa shape index (κ3) is 12.0. The van der Waals surface area contributed by atoms with Crippen LogP contribution in [0, 0.1) is 5.92 Å². The first-order valence-corrected chi connectivity index (χ1v) is 23.9. The van der Waals surface area contributed by atoms with Gasteiger partial charge in [-0.15, -0.1) is 0 Å². The van der Waals surface area contributed by atoms with Crippen LogP contribution in [0.25, 0.3) is 0 Å². The number of benzene rings is 1. The standard InChI is InChI=1S/C47H66N12O6/c1-3-65-46(64)40-31-48-47(51-36-30-49-54(2)32-36)53-44(40)50-35-6-10-38(11-7-35)57-26-28-59(29-27-57)43(62)15-14-42(61)58-20-17-33(18-21-58)16-19-55-22-24-56(25-23-55)37-8-4-34(5-9-37)39-12-13-41(60)52-45(39)63/h4-5,8-9,30-33,35,38-39H,3,6-7,10-29H2,1-2H3,(H,52,60,63)(H2,48,50,51,53). The Morgan fingerprint density at radius 1 is 0.815 bits per heavy atom. The van der Waals surface area contributed by atoms with E-state index in [1.165, 1.54) is 11.9 Å². The molecule has 3 N–H and O–H groups in total. The van der Waals surface area contributed by atoms with Crippen LogP contribution in [-0.4, -0.2) is 160 Å². The lowest BCUT2D eigenvalue weighted by molar-refractivity contribution is -0.139. The monoisotopic (exact) mass is 895 g/mol. The Labute approximate surface area is 381 Å². The van der Waals surface area contributed by atoms with E-state index in [1.807, 2.05) is 35.2 Å². The van der Waals surface area contributed by atoms with Gasteiger partial charge in [0.1, 0.15) is 11.4 Å². The van der Waals surface area contributed by atoms with Gasteiger partial charge in [-0.05, 0) is 88.4 Å². The highest BCUT2D eigenvalue weighted by Crippen LogP contribution is 2.30. The smallest absolute Gasteiger partial charge is 0.343 e. The van der Waals surface area contributed by atoms with Gasteiger partial charge in [-0.1, -0.05) is 12.1 Å². The van der Waals surface area contributed by atoms with Gasteiger partial charge in [-0.2, -0.15) is 10.1 Å². The number of imide groups is 1. The van der Waals surface area contributed by atoms with E-state index < -0.39 is 5.97 Å². The molecule has 0 spiro atoms. The molecule has 1 aliphatic carbocycles. The second-order valence-electron chi connectivity index (χ2n) is 18.3. The summed E-state index contributed by atoms with van der Waals surface area (Å²) in [4.78, 5) is 83.4. The van der Waals surface area contributed by atoms with Crippen LogP contribution in [0.2, 0.25) is 0 Å². The molecular weight excluding hydrogens is 829 g/mol. The Morgan fingerprint density at radius 3 is 2.15 bits per heavy atom. The van der Waals surface area contributed by atoms with E-state index in [0.29, 0.717) is 55.2 Å². The van der Waals surface area contributed by atoms with E-state index in [-0.39, 0.29) is 55.0 Å². The highest BCUT2D eigenvalue weighted by atomic mass is 16.5. The molecule has 18 heteroatoms. The van der Waals surface area contributed by atoms with Crippen molar-refractivity contribution in [2.75, 3.05) is 94.1 Å². The van der Waals surface area contributed by atoms with Gasteiger partial charge in [0, 0.05) is 122 Å². The zero-order valence-corrected chi connectivity index (χ0v) is 38.1. The summed E-state index contributed by atoms with van der Waals surface area (Å²) < 4.78 is 6.97. The molecule has 1 atom stereocenters. The van der Waals surface area contributed by atoms with E-state index in [0.717, 1.165) is 115 Å². The molecule has 8 rings (SSSR count). The summed E-state index contributed by atoms with van der Waals surface area (Å²) in [6, 6.07) is 8.84. The molecule has 4 saturated heterocycles. The minimum absolute atomic E-state index is 0.0739. The maximum atomic E-state index is 13.3. The van der Waals surface area contributed by atoms with Crippen LogP contribution in [0.5, 0.6) is 0 Å². The molecule has 1 unspecified atom stereocenters. The number of carbonyl (C=O) groups is 5. The lowest BCUT2D eigenvalue weighted by Gasteiger charge is -2.42. The number of carbonyl (C=O) groups excluding carboxylic acids is 5. The quantitative estimate of drug-likeness (QED) is 0.148. The van der Waals surface area contributed by atoms with E-state index in [2.05, 4.69) is 57.8 Å². The average Bonchev–Trinajstić information content (AvgIpc) is 3.74. The Hall–Kier alpha value is -5.62. The van der Waals surface area contributed by atoms with Crippen molar-refractivity contribution in [3.8, 4) is 0 Å². The highest BCUT2D eigenvalue weighted by Gasteiger charge is 2.32. The Kier molecular flexibility index (Phi) is 15.2. The molecule has 65 heavy (non-hydrogen) atoms. The van der Waals surface area contributed by atoms with Crippen LogP contribution < -0.4 is 20.9 Å². The third-order valence-electron chi connectivity index (χ3n) is 14.1. The minimum atomic E-state index is -0.459. The van der Waals surface area contributed by atoms with Gasteiger partial charge in [-0.3, -0.25) is 39.0 Å². The Balaban J connectivity index is 0.690. The second kappa shape index (κ2) is 21.6. The number of amides is 4. The fraction of sp³-hybridized carbons (Fsp3) is 0.617. The number of piperidine rings is 2.